The van der Waals surface area contributed by atoms with Crippen molar-refractivity contribution >= 4 is 16.7 Å². The SMILES string of the molecule is CCCN(Cc1nnc(-c2ccco2)o1)C(=O)Cc1n[nH]c(=O)c2ccccc12. The number of aromatic nitrogens is 4. The first kappa shape index (κ1) is 18.6. The number of carbonyl (C=O) groups excluding carboxylic acids is 1. The van der Waals surface area contributed by atoms with Crippen LogP contribution in [0.4, 0.5) is 0 Å². The molecule has 0 aliphatic rings. The zero-order chi connectivity index (χ0) is 20.2. The molecule has 0 saturated carbocycles. The summed E-state index contributed by atoms with van der Waals surface area (Å²) in [4.78, 5) is 26.5. The Morgan fingerprint density at radius 2 is 1.97 bits per heavy atom. The maximum atomic E-state index is 13.0. The van der Waals surface area contributed by atoms with Gasteiger partial charge in [0, 0.05) is 11.9 Å². The molecule has 0 unspecified atom stereocenters. The average molecular weight is 393 g/mol. The molecule has 0 aliphatic heterocycles. The van der Waals surface area contributed by atoms with E-state index in [9.17, 15) is 9.59 Å². The first-order valence-corrected chi connectivity index (χ1v) is 9.26. The number of furan rings is 1. The van der Waals surface area contributed by atoms with E-state index in [1.165, 1.54) is 6.26 Å². The monoisotopic (exact) mass is 393 g/mol. The van der Waals surface area contributed by atoms with Crippen molar-refractivity contribution in [3.63, 3.8) is 0 Å². The highest BCUT2D eigenvalue weighted by atomic mass is 16.4. The third kappa shape index (κ3) is 3.93. The third-order valence-electron chi connectivity index (χ3n) is 4.46. The van der Waals surface area contributed by atoms with Crippen molar-refractivity contribution in [2.45, 2.75) is 26.3 Å². The Kier molecular flexibility index (Phi) is 5.19. The summed E-state index contributed by atoms with van der Waals surface area (Å²) >= 11 is 0. The molecular formula is C20H19N5O4. The van der Waals surface area contributed by atoms with E-state index in [4.69, 9.17) is 8.83 Å². The van der Waals surface area contributed by atoms with Crippen LogP contribution in [0.2, 0.25) is 0 Å². The fraction of sp³-hybridized carbons (Fsp3) is 0.250. The minimum Gasteiger partial charge on any atom is -0.459 e. The molecule has 0 radical (unpaired) electrons. The van der Waals surface area contributed by atoms with Gasteiger partial charge in [-0.3, -0.25) is 9.59 Å². The lowest BCUT2D eigenvalue weighted by atomic mass is 10.1. The molecule has 3 heterocycles. The fourth-order valence-corrected chi connectivity index (χ4v) is 3.10. The van der Waals surface area contributed by atoms with Crippen molar-refractivity contribution in [1.29, 1.82) is 0 Å². The Labute approximate surface area is 165 Å². The van der Waals surface area contributed by atoms with Gasteiger partial charge in [0.05, 0.1) is 30.3 Å². The van der Waals surface area contributed by atoms with Gasteiger partial charge in [0.15, 0.2) is 5.76 Å². The van der Waals surface area contributed by atoms with E-state index < -0.39 is 0 Å². The van der Waals surface area contributed by atoms with Crippen molar-refractivity contribution in [2.24, 2.45) is 0 Å². The number of nitrogens with one attached hydrogen (secondary N) is 1. The lowest BCUT2D eigenvalue weighted by Crippen LogP contribution is -2.33. The van der Waals surface area contributed by atoms with Crippen molar-refractivity contribution in [2.75, 3.05) is 6.54 Å². The minimum atomic E-state index is -0.279. The zero-order valence-electron chi connectivity index (χ0n) is 15.8. The van der Waals surface area contributed by atoms with Gasteiger partial charge in [0.1, 0.15) is 0 Å². The van der Waals surface area contributed by atoms with E-state index in [1.807, 2.05) is 13.0 Å². The number of carbonyl (C=O) groups is 1. The fourth-order valence-electron chi connectivity index (χ4n) is 3.10. The predicted molar refractivity (Wildman–Crippen MR) is 104 cm³/mol. The standard InChI is InChI=1S/C20H19N5O4/c1-2-9-25(12-17-22-24-20(29-17)16-8-5-10-28-16)18(26)11-15-13-6-3-4-7-14(13)19(27)23-21-15/h3-8,10H,2,9,11-12H2,1H3,(H,23,27). The van der Waals surface area contributed by atoms with Gasteiger partial charge in [-0.1, -0.05) is 25.1 Å². The number of hydrogen-bond donors (Lipinski definition) is 1. The number of rotatable bonds is 7. The Morgan fingerprint density at radius 3 is 2.72 bits per heavy atom. The molecule has 4 rings (SSSR count). The van der Waals surface area contributed by atoms with E-state index in [-0.39, 0.29) is 30.3 Å². The molecule has 4 aromatic rings. The summed E-state index contributed by atoms with van der Waals surface area (Å²) in [5.41, 5.74) is 0.242. The molecule has 29 heavy (non-hydrogen) atoms. The largest absolute Gasteiger partial charge is 0.459 e. The van der Waals surface area contributed by atoms with Crippen molar-refractivity contribution in [3.05, 3.63) is 64.6 Å². The molecule has 0 fully saturated rings. The number of amides is 1. The maximum absolute atomic E-state index is 13.0. The highest BCUT2D eigenvalue weighted by molar-refractivity contribution is 5.88. The Balaban J connectivity index is 1.54. The molecule has 0 saturated heterocycles. The van der Waals surface area contributed by atoms with Gasteiger partial charge in [0.2, 0.25) is 11.8 Å². The molecule has 1 N–H and O–H groups in total. The van der Waals surface area contributed by atoms with Crippen LogP contribution in [-0.2, 0) is 17.8 Å². The van der Waals surface area contributed by atoms with E-state index in [2.05, 4.69) is 20.4 Å². The van der Waals surface area contributed by atoms with Gasteiger partial charge in [-0.05, 0) is 24.6 Å². The Hall–Kier alpha value is -3.75. The van der Waals surface area contributed by atoms with Crippen LogP contribution in [0.25, 0.3) is 22.4 Å². The highest BCUT2D eigenvalue weighted by Crippen LogP contribution is 2.19. The number of H-pyrrole nitrogens is 1. The molecule has 0 spiro atoms. The Morgan fingerprint density at radius 1 is 1.14 bits per heavy atom. The summed E-state index contributed by atoms with van der Waals surface area (Å²) in [6, 6.07) is 10.5. The van der Waals surface area contributed by atoms with Gasteiger partial charge in [-0.2, -0.15) is 5.10 Å². The van der Waals surface area contributed by atoms with E-state index in [0.717, 1.165) is 6.42 Å². The number of nitrogens with zero attached hydrogens (tertiary/aromatic N) is 4. The predicted octanol–water partition coefficient (Wildman–Crippen LogP) is 2.55. The van der Waals surface area contributed by atoms with Gasteiger partial charge in [0.25, 0.3) is 11.4 Å². The van der Waals surface area contributed by atoms with Gasteiger partial charge in [-0.25, -0.2) is 5.10 Å². The van der Waals surface area contributed by atoms with E-state index >= 15 is 0 Å². The molecular weight excluding hydrogens is 374 g/mol. The summed E-state index contributed by atoms with van der Waals surface area (Å²) < 4.78 is 10.9. The van der Waals surface area contributed by atoms with Gasteiger partial charge >= 0.3 is 0 Å². The van der Waals surface area contributed by atoms with Crippen LogP contribution >= 0.6 is 0 Å². The molecule has 1 aromatic carbocycles. The molecule has 0 bridgehead atoms. The van der Waals surface area contributed by atoms with Crippen molar-refractivity contribution in [1.82, 2.24) is 25.3 Å². The molecule has 148 valence electrons. The summed E-state index contributed by atoms with van der Waals surface area (Å²) in [5, 5.41) is 15.7. The van der Waals surface area contributed by atoms with Crippen LogP contribution < -0.4 is 5.56 Å². The van der Waals surface area contributed by atoms with Crippen LogP contribution in [0.1, 0.15) is 24.9 Å². The van der Waals surface area contributed by atoms with Crippen LogP contribution in [0, 0.1) is 0 Å². The number of aromatic amines is 1. The Bertz CT molecular complexity index is 1180. The van der Waals surface area contributed by atoms with Crippen molar-refractivity contribution in [3.8, 4) is 11.7 Å². The number of hydrogen-bond acceptors (Lipinski definition) is 7. The average Bonchev–Trinajstić information content (AvgIpc) is 3.42. The lowest BCUT2D eigenvalue weighted by molar-refractivity contribution is -0.131. The van der Waals surface area contributed by atoms with Crippen LogP contribution in [0.5, 0.6) is 0 Å². The molecule has 1 amide bonds. The van der Waals surface area contributed by atoms with Crippen LogP contribution in [0.3, 0.4) is 0 Å². The van der Waals surface area contributed by atoms with Crippen LogP contribution in [-0.4, -0.2) is 37.7 Å². The topological polar surface area (TPSA) is 118 Å². The number of fused-ring (bicyclic) bond motifs is 1. The smallest absolute Gasteiger partial charge is 0.283 e. The van der Waals surface area contributed by atoms with Gasteiger partial charge < -0.3 is 13.7 Å². The van der Waals surface area contributed by atoms with Crippen molar-refractivity contribution < 1.29 is 13.6 Å². The summed E-state index contributed by atoms with van der Waals surface area (Å²) in [5.74, 6) is 0.912. The molecule has 9 nitrogen and oxygen atoms in total. The quantitative estimate of drug-likeness (QED) is 0.512. The molecule has 3 aromatic heterocycles. The maximum Gasteiger partial charge on any atom is 0.283 e. The summed E-state index contributed by atoms with van der Waals surface area (Å²) in [6.07, 6.45) is 2.34. The second-order valence-electron chi connectivity index (χ2n) is 6.52. The third-order valence-corrected chi connectivity index (χ3v) is 4.46. The van der Waals surface area contributed by atoms with Crippen LogP contribution in [0.15, 0.2) is 56.3 Å². The first-order chi connectivity index (χ1) is 14.2. The van der Waals surface area contributed by atoms with Gasteiger partial charge in [-0.15, -0.1) is 10.2 Å². The zero-order valence-corrected chi connectivity index (χ0v) is 15.8. The van der Waals surface area contributed by atoms with E-state index in [0.29, 0.717) is 34.7 Å². The minimum absolute atomic E-state index is 0.0521. The second kappa shape index (κ2) is 8.09. The highest BCUT2D eigenvalue weighted by Gasteiger charge is 2.20. The molecule has 9 heteroatoms. The summed E-state index contributed by atoms with van der Waals surface area (Å²) in [7, 11) is 0. The summed E-state index contributed by atoms with van der Waals surface area (Å²) in [6.45, 7) is 2.69. The second-order valence-corrected chi connectivity index (χ2v) is 6.52. The normalized spacial score (nSPS) is 11.1. The van der Waals surface area contributed by atoms with E-state index in [1.54, 1.807) is 35.2 Å². The first-order valence-electron chi connectivity index (χ1n) is 9.26. The lowest BCUT2D eigenvalue weighted by Gasteiger charge is -2.20. The number of benzene rings is 1. The molecule has 0 aliphatic carbocycles. The molecule has 0 atom stereocenters.